The molecule has 4 aromatic rings. The molecule has 138 valence electrons. The number of nitrogens with zero attached hydrogens (tertiary/aromatic N) is 5. The van der Waals surface area contributed by atoms with Crippen molar-refractivity contribution < 1.29 is 4.39 Å². The highest BCUT2D eigenvalue weighted by molar-refractivity contribution is 6.30. The first-order valence-corrected chi connectivity index (χ1v) is 8.84. The van der Waals surface area contributed by atoms with Crippen LogP contribution in [0.15, 0.2) is 55.1 Å². The highest BCUT2D eigenvalue weighted by atomic mass is 35.5. The Balaban J connectivity index is 1.65. The third kappa shape index (κ3) is 3.38. The lowest BCUT2D eigenvalue weighted by Crippen LogP contribution is -2.10. The molecule has 1 N–H and O–H groups in total. The molecule has 0 aliphatic rings. The number of benzene rings is 2. The van der Waals surface area contributed by atoms with Crippen molar-refractivity contribution in [3.05, 3.63) is 77.1 Å². The average molecular weight is 393 g/mol. The molecule has 0 amide bonds. The Kier molecular flexibility index (Phi) is 4.63. The lowest BCUT2D eigenvalue weighted by molar-refractivity contribution is 0.627. The number of anilines is 1. The Morgan fingerprint density at radius 2 is 2.07 bits per heavy atom. The van der Waals surface area contributed by atoms with Gasteiger partial charge in [0, 0.05) is 0 Å². The van der Waals surface area contributed by atoms with Crippen LogP contribution in [0.25, 0.3) is 16.9 Å². The molecule has 2 aromatic heterocycles. The number of halogens is 2. The van der Waals surface area contributed by atoms with Crippen LogP contribution >= 0.6 is 11.6 Å². The van der Waals surface area contributed by atoms with Crippen LogP contribution in [0.4, 0.5) is 10.2 Å². The second-order valence-corrected chi connectivity index (χ2v) is 6.64. The maximum absolute atomic E-state index is 13.4. The van der Waals surface area contributed by atoms with E-state index in [0.29, 0.717) is 17.2 Å². The van der Waals surface area contributed by atoms with E-state index in [-0.39, 0.29) is 11.1 Å². The number of hydrogen-bond acceptors (Lipinski definition) is 5. The van der Waals surface area contributed by atoms with Crippen molar-refractivity contribution in [2.24, 2.45) is 0 Å². The van der Waals surface area contributed by atoms with E-state index in [1.54, 1.807) is 53.6 Å². The summed E-state index contributed by atoms with van der Waals surface area (Å²) >= 11 is 5.87. The summed E-state index contributed by atoms with van der Waals surface area (Å²) in [6.07, 6.45) is 4.86. The highest BCUT2D eigenvalue weighted by Crippen LogP contribution is 2.24. The average Bonchev–Trinajstić information content (AvgIpc) is 3.13. The molecule has 0 aliphatic heterocycles. The fraction of sp³-hybridized carbons (Fsp3) is 0.100. The molecular weight excluding hydrogens is 379 g/mol. The van der Waals surface area contributed by atoms with Crippen LogP contribution in [-0.4, -0.2) is 19.5 Å². The monoisotopic (exact) mass is 392 g/mol. The van der Waals surface area contributed by atoms with Gasteiger partial charge >= 0.3 is 0 Å². The van der Waals surface area contributed by atoms with Gasteiger partial charge in [0.05, 0.1) is 46.1 Å². The molecule has 0 fully saturated rings. The van der Waals surface area contributed by atoms with Gasteiger partial charge in [-0.15, -0.1) is 0 Å². The van der Waals surface area contributed by atoms with Crippen molar-refractivity contribution in [2.45, 2.75) is 13.0 Å². The lowest BCUT2D eigenvalue weighted by atomic mass is 10.1. The fourth-order valence-corrected chi connectivity index (χ4v) is 3.08. The van der Waals surface area contributed by atoms with Crippen molar-refractivity contribution in [3.63, 3.8) is 0 Å². The summed E-state index contributed by atoms with van der Waals surface area (Å²) in [4.78, 5) is 13.2. The summed E-state index contributed by atoms with van der Waals surface area (Å²) in [7, 11) is 0. The topological polar surface area (TPSA) is 79.4 Å². The lowest BCUT2D eigenvalue weighted by Gasteiger charge is -2.16. The molecule has 4 rings (SSSR count). The quantitative estimate of drug-likeness (QED) is 0.546. The number of nitriles is 1. The maximum Gasteiger partial charge on any atom is 0.159 e. The predicted octanol–water partition coefficient (Wildman–Crippen LogP) is 4.65. The number of aromatic nitrogens is 4. The maximum atomic E-state index is 13.4. The zero-order valence-electron chi connectivity index (χ0n) is 14.8. The molecule has 2 aromatic carbocycles. The Labute approximate surface area is 165 Å². The molecule has 28 heavy (non-hydrogen) atoms. The van der Waals surface area contributed by atoms with Gasteiger partial charge in [0.1, 0.15) is 18.0 Å². The second-order valence-electron chi connectivity index (χ2n) is 6.23. The number of imidazole rings is 1. The summed E-state index contributed by atoms with van der Waals surface area (Å²) in [5, 5.41) is 12.4. The number of hydrogen-bond donors (Lipinski definition) is 1. The van der Waals surface area contributed by atoms with Crippen LogP contribution in [0.2, 0.25) is 5.02 Å². The van der Waals surface area contributed by atoms with Crippen LogP contribution in [0.1, 0.15) is 24.1 Å². The minimum absolute atomic E-state index is 0.0733. The van der Waals surface area contributed by atoms with E-state index in [2.05, 4.69) is 26.3 Å². The van der Waals surface area contributed by atoms with Gasteiger partial charge in [-0.05, 0) is 42.8 Å². The smallest absolute Gasteiger partial charge is 0.159 e. The van der Waals surface area contributed by atoms with Crippen LogP contribution in [0.3, 0.4) is 0 Å². The third-order valence-corrected chi connectivity index (χ3v) is 4.64. The molecule has 0 spiro atoms. The summed E-state index contributed by atoms with van der Waals surface area (Å²) in [6.45, 7) is 1.92. The van der Waals surface area contributed by atoms with E-state index in [0.717, 1.165) is 16.6 Å². The van der Waals surface area contributed by atoms with Crippen molar-refractivity contribution in [1.82, 2.24) is 19.5 Å². The molecular formula is C20H14ClFN6. The van der Waals surface area contributed by atoms with E-state index in [1.807, 2.05) is 6.92 Å². The van der Waals surface area contributed by atoms with E-state index >= 15 is 0 Å². The van der Waals surface area contributed by atoms with Gasteiger partial charge in [-0.1, -0.05) is 17.7 Å². The van der Waals surface area contributed by atoms with Gasteiger partial charge in [0.25, 0.3) is 0 Å². The number of fused-ring (bicyclic) bond motifs is 1. The minimum atomic E-state index is -0.455. The summed E-state index contributed by atoms with van der Waals surface area (Å²) < 4.78 is 15.1. The van der Waals surface area contributed by atoms with Gasteiger partial charge in [-0.2, -0.15) is 5.26 Å². The molecule has 6 nitrogen and oxygen atoms in total. The summed E-state index contributed by atoms with van der Waals surface area (Å²) in [5.41, 5.74) is 2.89. The SMILES string of the molecule is CC(Nc1cncc(-n2cnc3ccc(C#N)cc32)n1)c1ccc(F)c(Cl)c1. The van der Waals surface area contributed by atoms with E-state index < -0.39 is 5.82 Å². The van der Waals surface area contributed by atoms with E-state index in [4.69, 9.17) is 16.9 Å². The first-order valence-electron chi connectivity index (χ1n) is 8.46. The summed E-state index contributed by atoms with van der Waals surface area (Å²) in [6, 6.07) is 11.8. The molecule has 2 heterocycles. The molecule has 1 atom stereocenters. The fourth-order valence-electron chi connectivity index (χ4n) is 2.89. The first kappa shape index (κ1) is 17.9. The molecule has 1 unspecified atom stereocenters. The number of rotatable bonds is 4. The van der Waals surface area contributed by atoms with Crippen LogP contribution < -0.4 is 5.32 Å². The Hall–Kier alpha value is -3.50. The molecule has 0 saturated carbocycles. The van der Waals surface area contributed by atoms with Crippen molar-refractivity contribution in [2.75, 3.05) is 5.32 Å². The van der Waals surface area contributed by atoms with Crippen LogP contribution in [-0.2, 0) is 0 Å². The van der Waals surface area contributed by atoms with Gasteiger partial charge in [0.15, 0.2) is 5.82 Å². The van der Waals surface area contributed by atoms with Crippen molar-refractivity contribution >= 4 is 28.5 Å². The first-order chi connectivity index (χ1) is 13.5. The molecule has 0 aliphatic carbocycles. The Bertz CT molecular complexity index is 1210. The van der Waals surface area contributed by atoms with Gasteiger partial charge in [0.2, 0.25) is 0 Å². The molecule has 0 radical (unpaired) electrons. The Morgan fingerprint density at radius 3 is 2.86 bits per heavy atom. The second kappa shape index (κ2) is 7.25. The van der Waals surface area contributed by atoms with Gasteiger partial charge in [-0.25, -0.2) is 14.4 Å². The van der Waals surface area contributed by atoms with Gasteiger partial charge < -0.3 is 5.32 Å². The van der Waals surface area contributed by atoms with Crippen molar-refractivity contribution in [3.8, 4) is 11.9 Å². The standard InChI is InChI=1S/C20H14ClFN6/c1-12(14-3-4-16(22)15(21)7-14)26-19-9-24-10-20(27-19)28-11-25-17-5-2-13(8-23)6-18(17)28/h2-7,9-12H,1H3,(H,26,27). The zero-order valence-corrected chi connectivity index (χ0v) is 15.5. The summed E-state index contributed by atoms with van der Waals surface area (Å²) in [5.74, 6) is 0.652. The highest BCUT2D eigenvalue weighted by Gasteiger charge is 2.11. The third-order valence-electron chi connectivity index (χ3n) is 4.35. The number of nitrogens with one attached hydrogen (secondary N) is 1. The largest absolute Gasteiger partial charge is 0.362 e. The molecule has 0 saturated heterocycles. The van der Waals surface area contributed by atoms with E-state index in [9.17, 15) is 4.39 Å². The predicted molar refractivity (Wildman–Crippen MR) is 105 cm³/mol. The zero-order chi connectivity index (χ0) is 19.7. The van der Waals surface area contributed by atoms with E-state index in [1.165, 1.54) is 6.07 Å². The molecule has 8 heteroatoms. The van der Waals surface area contributed by atoms with Gasteiger partial charge in [-0.3, -0.25) is 9.55 Å². The molecule has 0 bridgehead atoms. The van der Waals surface area contributed by atoms with Crippen LogP contribution in [0, 0.1) is 17.1 Å². The minimum Gasteiger partial charge on any atom is -0.362 e. The van der Waals surface area contributed by atoms with Crippen LogP contribution in [0.5, 0.6) is 0 Å². The Morgan fingerprint density at radius 1 is 1.21 bits per heavy atom. The van der Waals surface area contributed by atoms with Crippen molar-refractivity contribution in [1.29, 1.82) is 5.26 Å². The normalized spacial score (nSPS) is 11.9.